The maximum Gasteiger partial charge on any atom is 0.204 e. The average Bonchev–Trinajstić information content (AvgIpc) is 2.57. The van der Waals surface area contributed by atoms with E-state index in [1.807, 2.05) is 13.0 Å². The second-order valence-electron chi connectivity index (χ2n) is 3.97. The number of benzene rings is 1. The highest BCUT2D eigenvalue weighted by Crippen LogP contribution is 2.32. The van der Waals surface area contributed by atoms with Crippen LogP contribution in [-0.2, 0) is 16.4 Å². The predicted octanol–water partition coefficient (Wildman–Crippen LogP) is 0.883. The number of fused-ring (bicyclic) bond motifs is 1. The molecule has 0 bridgehead atoms. The van der Waals surface area contributed by atoms with Gasteiger partial charge < -0.3 is 11.1 Å². The molecule has 1 aliphatic heterocycles. The average molecular weight is 252 g/mol. The quantitative estimate of drug-likeness (QED) is 0.834. The lowest BCUT2D eigenvalue weighted by atomic mass is 10.1. The maximum atomic E-state index is 12.2. The van der Waals surface area contributed by atoms with Crippen molar-refractivity contribution in [3.05, 3.63) is 34.2 Å². The van der Waals surface area contributed by atoms with Crippen LogP contribution in [-0.4, -0.2) is 21.5 Å². The van der Waals surface area contributed by atoms with Gasteiger partial charge in [-0.25, -0.2) is 8.42 Å². The Morgan fingerprint density at radius 2 is 2.12 bits per heavy atom. The molecule has 1 aromatic carbocycles. The Balaban J connectivity index is 2.42. The summed E-state index contributed by atoms with van der Waals surface area (Å²) in [5.41, 5.74) is 7.24. The van der Waals surface area contributed by atoms with Crippen LogP contribution < -0.4 is 11.1 Å². The van der Waals surface area contributed by atoms with Crippen molar-refractivity contribution in [1.82, 2.24) is 5.32 Å². The van der Waals surface area contributed by atoms with Gasteiger partial charge in [0.2, 0.25) is 9.84 Å². The fraction of sp³-hybridized carbons (Fsp3) is 0.333. The van der Waals surface area contributed by atoms with Crippen LogP contribution in [0.5, 0.6) is 0 Å². The van der Waals surface area contributed by atoms with Gasteiger partial charge in [0.25, 0.3) is 0 Å². The van der Waals surface area contributed by atoms with Crippen molar-refractivity contribution >= 4 is 15.9 Å². The fourth-order valence-electron chi connectivity index (χ4n) is 1.87. The molecule has 0 fully saturated rings. The van der Waals surface area contributed by atoms with Crippen molar-refractivity contribution in [3.63, 3.8) is 0 Å². The molecule has 0 radical (unpaired) electrons. The number of nitrogens with one attached hydrogen (secondary N) is 1. The lowest BCUT2D eigenvalue weighted by Crippen LogP contribution is -2.19. The van der Waals surface area contributed by atoms with Gasteiger partial charge in [0, 0.05) is 13.1 Å². The molecule has 0 unspecified atom stereocenters. The van der Waals surface area contributed by atoms with E-state index in [2.05, 4.69) is 5.32 Å². The third-order valence-electron chi connectivity index (χ3n) is 2.81. The minimum absolute atomic E-state index is 0.380. The van der Waals surface area contributed by atoms with Crippen molar-refractivity contribution in [2.75, 3.05) is 13.1 Å². The third kappa shape index (κ3) is 2.13. The molecule has 17 heavy (non-hydrogen) atoms. The van der Waals surface area contributed by atoms with Gasteiger partial charge in [0.05, 0.1) is 9.80 Å². The number of hydrogen-bond acceptors (Lipinski definition) is 4. The van der Waals surface area contributed by atoms with Crippen molar-refractivity contribution in [2.45, 2.75) is 18.4 Å². The number of nitrogens with two attached hydrogens (primary N) is 1. The van der Waals surface area contributed by atoms with E-state index in [9.17, 15) is 8.42 Å². The number of hydrogen-bond donors (Lipinski definition) is 2. The van der Waals surface area contributed by atoms with Gasteiger partial charge in [-0.05, 0) is 35.9 Å². The molecule has 3 N–H and O–H groups in total. The van der Waals surface area contributed by atoms with Crippen LogP contribution in [0.15, 0.2) is 28.0 Å². The van der Waals surface area contributed by atoms with Crippen molar-refractivity contribution < 1.29 is 8.42 Å². The van der Waals surface area contributed by atoms with E-state index in [0.29, 0.717) is 22.9 Å². The van der Waals surface area contributed by atoms with E-state index in [1.165, 1.54) is 0 Å². The molecular weight excluding hydrogens is 236 g/mol. The Labute approximate surface area is 101 Å². The first-order chi connectivity index (χ1) is 8.09. The fourth-order valence-corrected chi connectivity index (χ4v) is 3.40. The molecule has 1 aromatic rings. The van der Waals surface area contributed by atoms with Crippen LogP contribution in [0, 0.1) is 0 Å². The number of likely N-dealkylation sites (N-methyl/N-ethyl adjacent to an activating group) is 1. The molecule has 0 saturated carbocycles. The molecule has 0 amide bonds. The summed E-state index contributed by atoms with van der Waals surface area (Å²) in [4.78, 5) is 0.825. The summed E-state index contributed by atoms with van der Waals surface area (Å²) in [6.45, 7) is 3.49. The third-order valence-corrected chi connectivity index (χ3v) is 4.71. The molecule has 5 heteroatoms. The second kappa shape index (κ2) is 4.60. The first kappa shape index (κ1) is 12.3. The van der Waals surface area contributed by atoms with Gasteiger partial charge in [0.1, 0.15) is 0 Å². The Kier molecular flexibility index (Phi) is 3.33. The first-order valence-corrected chi connectivity index (χ1v) is 7.07. The summed E-state index contributed by atoms with van der Waals surface area (Å²) >= 11 is 0. The van der Waals surface area contributed by atoms with Gasteiger partial charge in [-0.2, -0.15) is 0 Å². The van der Waals surface area contributed by atoms with Crippen molar-refractivity contribution in [2.24, 2.45) is 5.73 Å². The Morgan fingerprint density at radius 1 is 1.35 bits per heavy atom. The van der Waals surface area contributed by atoms with Crippen LogP contribution in [0.1, 0.15) is 18.1 Å². The van der Waals surface area contributed by atoms with Crippen molar-refractivity contribution in [1.29, 1.82) is 0 Å². The summed E-state index contributed by atoms with van der Waals surface area (Å²) in [6, 6.07) is 5.24. The maximum absolute atomic E-state index is 12.2. The Bertz CT molecular complexity index is 562. The van der Waals surface area contributed by atoms with E-state index >= 15 is 0 Å². The highest BCUT2D eigenvalue weighted by Gasteiger charge is 2.28. The molecule has 2 rings (SSSR count). The first-order valence-electron chi connectivity index (χ1n) is 5.59. The standard InChI is InChI=1S/C12H16N2O2S/c1-2-14-8-11-6-10-5-9(7-13)3-4-12(10)17(11,15)16/h3-6,14H,2,7-8,13H2,1H3. The van der Waals surface area contributed by atoms with Crippen LogP contribution in [0.25, 0.3) is 6.08 Å². The van der Waals surface area contributed by atoms with Gasteiger partial charge in [0.15, 0.2) is 0 Å². The normalized spacial score (nSPS) is 16.7. The summed E-state index contributed by atoms with van der Waals surface area (Å²) in [5.74, 6) is 0. The molecule has 1 heterocycles. The van der Waals surface area contributed by atoms with E-state index in [0.717, 1.165) is 17.7 Å². The zero-order valence-corrected chi connectivity index (χ0v) is 10.5. The molecule has 1 aliphatic rings. The SMILES string of the molecule is CCNCC1=Cc2cc(CN)ccc2S1(=O)=O. The zero-order chi connectivity index (χ0) is 12.5. The van der Waals surface area contributed by atoms with Gasteiger partial charge in [-0.1, -0.05) is 13.0 Å². The molecule has 0 aromatic heterocycles. The Morgan fingerprint density at radius 3 is 2.76 bits per heavy atom. The molecule has 0 saturated heterocycles. The molecular formula is C12H16N2O2S. The minimum Gasteiger partial charge on any atom is -0.326 e. The van der Waals surface area contributed by atoms with Gasteiger partial charge >= 0.3 is 0 Å². The monoisotopic (exact) mass is 252 g/mol. The highest BCUT2D eigenvalue weighted by atomic mass is 32.2. The topological polar surface area (TPSA) is 72.2 Å². The van der Waals surface area contributed by atoms with E-state index in [-0.39, 0.29) is 0 Å². The Hall–Kier alpha value is -1.17. The summed E-state index contributed by atoms with van der Waals surface area (Å²) in [7, 11) is -3.29. The van der Waals surface area contributed by atoms with Crippen LogP contribution >= 0.6 is 0 Å². The number of rotatable bonds is 4. The summed E-state index contributed by atoms with van der Waals surface area (Å²) < 4.78 is 24.3. The minimum atomic E-state index is -3.29. The predicted molar refractivity (Wildman–Crippen MR) is 68.0 cm³/mol. The van der Waals surface area contributed by atoms with E-state index < -0.39 is 9.84 Å². The molecule has 4 nitrogen and oxygen atoms in total. The van der Waals surface area contributed by atoms with Gasteiger partial charge in [-0.15, -0.1) is 0 Å². The van der Waals surface area contributed by atoms with Crippen molar-refractivity contribution in [3.8, 4) is 0 Å². The largest absolute Gasteiger partial charge is 0.326 e. The van der Waals surface area contributed by atoms with Crippen LogP contribution in [0.3, 0.4) is 0 Å². The summed E-state index contributed by atoms with van der Waals surface area (Å²) in [6.07, 6.45) is 1.73. The highest BCUT2D eigenvalue weighted by molar-refractivity contribution is 7.95. The zero-order valence-electron chi connectivity index (χ0n) is 9.73. The number of sulfone groups is 1. The smallest absolute Gasteiger partial charge is 0.204 e. The molecule has 0 aliphatic carbocycles. The van der Waals surface area contributed by atoms with Crippen LogP contribution in [0.4, 0.5) is 0 Å². The summed E-state index contributed by atoms with van der Waals surface area (Å²) in [5, 5.41) is 3.04. The van der Waals surface area contributed by atoms with Crippen LogP contribution in [0.2, 0.25) is 0 Å². The van der Waals surface area contributed by atoms with E-state index in [1.54, 1.807) is 18.2 Å². The lowest BCUT2D eigenvalue weighted by molar-refractivity contribution is 0.601. The molecule has 0 atom stereocenters. The second-order valence-corrected chi connectivity index (χ2v) is 5.94. The lowest BCUT2D eigenvalue weighted by Gasteiger charge is -2.04. The van der Waals surface area contributed by atoms with E-state index in [4.69, 9.17) is 5.73 Å². The van der Waals surface area contributed by atoms with Gasteiger partial charge in [-0.3, -0.25) is 0 Å². The molecule has 0 spiro atoms. The molecule has 92 valence electrons.